The smallest absolute Gasteiger partial charge is 0.301 e. The van der Waals surface area contributed by atoms with Crippen LogP contribution in [0.5, 0.6) is 5.75 Å². The third kappa shape index (κ3) is 3.85. The number of carbonyl (C=O) groups excluding carboxylic acids is 2. The molecule has 180 valence electrons. The molecular formula is C25H16FN3O6S. The highest BCUT2D eigenvalue weighted by atomic mass is 32.1. The summed E-state index contributed by atoms with van der Waals surface area (Å²) in [6.07, 6.45) is 0. The summed E-state index contributed by atoms with van der Waals surface area (Å²) in [5.41, 5.74) is 0.632. The highest BCUT2D eigenvalue weighted by Crippen LogP contribution is 2.44. The maximum absolute atomic E-state index is 13.5. The first-order chi connectivity index (χ1) is 17.3. The number of ketones is 1. The van der Waals surface area contributed by atoms with Crippen LogP contribution < -0.4 is 9.64 Å². The van der Waals surface area contributed by atoms with Crippen molar-refractivity contribution in [2.75, 3.05) is 12.0 Å². The van der Waals surface area contributed by atoms with Crippen molar-refractivity contribution in [3.8, 4) is 5.75 Å². The second kappa shape index (κ2) is 8.86. The lowest BCUT2D eigenvalue weighted by Gasteiger charge is -2.22. The lowest BCUT2D eigenvalue weighted by molar-refractivity contribution is -0.384. The summed E-state index contributed by atoms with van der Waals surface area (Å²) in [7, 11) is 1.52. The SMILES string of the molecule is COc1ccc2nc(N3C(=O)C(=O)C(=C(O)c4ccc(F)cc4)[C@@H]3c3ccc([N+](=O)[O-])cc3)sc2c1. The van der Waals surface area contributed by atoms with Gasteiger partial charge in [-0.25, -0.2) is 9.37 Å². The fraction of sp³-hybridized carbons (Fsp3) is 0.0800. The zero-order valence-electron chi connectivity index (χ0n) is 18.5. The number of methoxy groups -OCH3 is 1. The van der Waals surface area contributed by atoms with Crippen LogP contribution in [0.3, 0.4) is 0 Å². The molecule has 1 aliphatic rings. The van der Waals surface area contributed by atoms with Crippen molar-refractivity contribution in [1.82, 2.24) is 4.98 Å². The van der Waals surface area contributed by atoms with Gasteiger partial charge in [-0.15, -0.1) is 0 Å². The van der Waals surface area contributed by atoms with Crippen LogP contribution in [0.4, 0.5) is 15.2 Å². The Bertz CT molecular complexity index is 1560. The predicted molar refractivity (Wildman–Crippen MR) is 130 cm³/mol. The summed E-state index contributed by atoms with van der Waals surface area (Å²) >= 11 is 1.15. The summed E-state index contributed by atoms with van der Waals surface area (Å²) in [5.74, 6) is -2.33. The molecule has 11 heteroatoms. The van der Waals surface area contributed by atoms with Crippen molar-refractivity contribution < 1.29 is 28.7 Å². The molecule has 1 saturated heterocycles. The van der Waals surface area contributed by atoms with Gasteiger partial charge in [0.1, 0.15) is 17.3 Å². The van der Waals surface area contributed by atoms with Crippen LogP contribution in [0.25, 0.3) is 16.0 Å². The van der Waals surface area contributed by atoms with Gasteiger partial charge in [-0.1, -0.05) is 11.3 Å². The molecule has 1 fully saturated rings. The van der Waals surface area contributed by atoms with Gasteiger partial charge in [0.05, 0.1) is 33.9 Å². The van der Waals surface area contributed by atoms with Gasteiger partial charge in [-0.2, -0.15) is 0 Å². The van der Waals surface area contributed by atoms with Crippen LogP contribution in [0.1, 0.15) is 17.2 Å². The van der Waals surface area contributed by atoms with E-state index in [2.05, 4.69) is 4.98 Å². The van der Waals surface area contributed by atoms with Crippen molar-refractivity contribution >= 4 is 49.8 Å². The minimum Gasteiger partial charge on any atom is -0.507 e. The number of nitro groups is 1. The van der Waals surface area contributed by atoms with Crippen molar-refractivity contribution in [3.63, 3.8) is 0 Å². The maximum Gasteiger partial charge on any atom is 0.301 e. The first-order valence-corrected chi connectivity index (χ1v) is 11.4. The molecule has 9 nitrogen and oxygen atoms in total. The molecule has 0 unspecified atom stereocenters. The van der Waals surface area contributed by atoms with Crippen LogP contribution in [0.2, 0.25) is 0 Å². The highest BCUT2D eigenvalue weighted by molar-refractivity contribution is 7.22. The van der Waals surface area contributed by atoms with Crippen LogP contribution in [-0.4, -0.2) is 33.8 Å². The monoisotopic (exact) mass is 505 g/mol. The zero-order chi connectivity index (χ0) is 25.6. The van der Waals surface area contributed by atoms with Gasteiger partial charge in [0.2, 0.25) is 0 Å². The molecule has 0 bridgehead atoms. The Morgan fingerprint density at radius 1 is 1.11 bits per heavy atom. The number of aliphatic hydroxyl groups is 1. The lowest BCUT2D eigenvalue weighted by Crippen LogP contribution is -2.29. The number of aliphatic hydroxyl groups excluding tert-OH is 1. The molecule has 4 aromatic rings. The van der Waals surface area contributed by atoms with E-state index in [1.165, 1.54) is 43.5 Å². The van der Waals surface area contributed by atoms with Gasteiger partial charge >= 0.3 is 5.91 Å². The van der Waals surface area contributed by atoms with E-state index in [1.807, 2.05) is 0 Å². The second-order valence-corrected chi connectivity index (χ2v) is 8.86. The maximum atomic E-state index is 13.5. The molecule has 3 aromatic carbocycles. The van der Waals surface area contributed by atoms with Gasteiger partial charge in [-0.3, -0.25) is 24.6 Å². The van der Waals surface area contributed by atoms with E-state index in [-0.39, 0.29) is 22.0 Å². The average Bonchev–Trinajstić information content (AvgIpc) is 3.41. The van der Waals surface area contributed by atoms with E-state index in [4.69, 9.17) is 4.74 Å². The van der Waals surface area contributed by atoms with Crippen LogP contribution in [-0.2, 0) is 9.59 Å². The summed E-state index contributed by atoms with van der Waals surface area (Å²) < 4.78 is 19.4. The fourth-order valence-electron chi connectivity index (χ4n) is 4.01. The molecule has 5 rings (SSSR count). The van der Waals surface area contributed by atoms with Crippen molar-refractivity contribution in [3.05, 3.63) is 99.4 Å². The topological polar surface area (TPSA) is 123 Å². The summed E-state index contributed by atoms with van der Waals surface area (Å²) in [6, 6.07) is 14.2. The summed E-state index contributed by atoms with van der Waals surface area (Å²) in [5, 5.41) is 22.4. The van der Waals surface area contributed by atoms with Crippen molar-refractivity contribution in [2.24, 2.45) is 0 Å². The Balaban J connectivity index is 1.71. The van der Waals surface area contributed by atoms with E-state index >= 15 is 0 Å². The van der Waals surface area contributed by atoms with Gasteiger partial charge in [0.15, 0.2) is 5.13 Å². The molecule has 1 atom stereocenters. The van der Waals surface area contributed by atoms with E-state index < -0.39 is 34.2 Å². The number of rotatable bonds is 5. The molecule has 0 radical (unpaired) electrons. The molecular weight excluding hydrogens is 489 g/mol. The lowest BCUT2D eigenvalue weighted by atomic mass is 9.95. The number of nitrogens with zero attached hydrogens (tertiary/aromatic N) is 3. The number of nitro benzene ring substituents is 1. The summed E-state index contributed by atoms with van der Waals surface area (Å²) in [6.45, 7) is 0. The van der Waals surface area contributed by atoms with Gasteiger partial charge in [0.25, 0.3) is 11.5 Å². The largest absolute Gasteiger partial charge is 0.507 e. The number of ether oxygens (including phenoxy) is 1. The Hall–Kier alpha value is -4.64. The third-order valence-electron chi connectivity index (χ3n) is 5.77. The molecule has 0 saturated carbocycles. The van der Waals surface area contributed by atoms with E-state index in [0.29, 0.717) is 21.5 Å². The molecule has 1 aromatic heterocycles. The van der Waals surface area contributed by atoms with Gasteiger partial charge in [0, 0.05) is 17.7 Å². The number of hydrogen-bond donors (Lipinski definition) is 1. The zero-order valence-corrected chi connectivity index (χ0v) is 19.4. The number of fused-ring (bicyclic) bond motifs is 1. The van der Waals surface area contributed by atoms with Crippen molar-refractivity contribution in [1.29, 1.82) is 0 Å². The van der Waals surface area contributed by atoms with Crippen LogP contribution in [0, 0.1) is 15.9 Å². The predicted octanol–water partition coefficient (Wildman–Crippen LogP) is 4.98. The Kier molecular flexibility index (Phi) is 5.69. The normalized spacial score (nSPS) is 17.1. The van der Waals surface area contributed by atoms with Crippen LogP contribution >= 0.6 is 11.3 Å². The molecule has 2 heterocycles. The Morgan fingerprint density at radius 2 is 1.81 bits per heavy atom. The number of aromatic nitrogens is 1. The minimum absolute atomic E-state index is 0.135. The molecule has 0 spiro atoms. The number of Topliss-reactive ketones (excluding diaryl/α,β-unsaturated/α-hetero) is 1. The number of anilines is 1. The number of thiazole rings is 1. The molecule has 36 heavy (non-hydrogen) atoms. The Morgan fingerprint density at radius 3 is 2.44 bits per heavy atom. The number of benzene rings is 3. The number of amides is 1. The van der Waals surface area contributed by atoms with Crippen LogP contribution in [0.15, 0.2) is 72.3 Å². The quantitative estimate of drug-likeness (QED) is 0.133. The van der Waals surface area contributed by atoms with Gasteiger partial charge < -0.3 is 9.84 Å². The number of hydrogen-bond acceptors (Lipinski definition) is 8. The third-order valence-corrected chi connectivity index (χ3v) is 6.79. The standard InChI is InChI=1S/C25H16FN3O6S/c1-35-17-10-11-18-19(12-17)36-25(27-18)28-21(13-4-8-16(9-5-13)29(33)34)20(23(31)24(28)32)22(30)14-2-6-15(26)7-3-14/h2-12,21,30H,1H3/t21-/m0/s1. The first-order valence-electron chi connectivity index (χ1n) is 10.5. The number of halogens is 1. The Labute approximate surface area is 206 Å². The number of carbonyl (C=O) groups is 2. The van der Waals surface area contributed by atoms with Crippen molar-refractivity contribution in [2.45, 2.75) is 6.04 Å². The number of non-ortho nitro benzene ring substituents is 1. The summed E-state index contributed by atoms with van der Waals surface area (Å²) in [4.78, 5) is 42.7. The first kappa shape index (κ1) is 23.1. The highest BCUT2D eigenvalue weighted by Gasteiger charge is 2.48. The second-order valence-electron chi connectivity index (χ2n) is 7.85. The van der Waals surface area contributed by atoms with E-state index in [1.54, 1.807) is 18.2 Å². The average molecular weight is 505 g/mol. The van der Waals surface area contributed by atoms with Gasteiger partial charge in [-0.05, 0) is 60.2 Å². The molecule has 1 amide bonds. The van der Waals surface area contributed by atoms with E-state index in [9.17, 15) is 29.2 Å². The molecule has 1 aliphatic heterocycles. The van der Waals surface area contributed by atoms with E-state index in [0.717, 1.165) is 28.4 Å². The molecule has 0 aliphatic carbocycles. The fourth-order valence-corrected chi connectivity index (χ4v) is 5.03. The molecule has 1 N–H and O–H groups in total. The minimum atomic E-state index is -1.13.